The van der Waals surface area contributed by atoms with E-state index < -0.39 is 5.91 Å². The van der Waals surface area contributed by atoms with E-state index in [2.05, 4.69) is 0 Å². The van der Waals surface area contributed by atoms with Crippen LogP contribution in [-0.4, -0.2) is 5.91 Å². The molecule has 1 aliphatic carbocycles. The molecular weight excluding hydrogens is 296 g/mol. The number of hydrogen-bond acceptors (Lipinski definition) is 1. The van der Waals surface area contributed by atoms with Crippen molar-refractivity contribution in [2.75, 3.05) is 0 Å². The van der Waals surface area contributed by atoms with E-state index in [1.165, 1.54) is 18.2 Å². The average molecular weight is 313 g/mol. The minimum atomic E-state index is -0.406. The summed E-state index contributed by atoms with van der Waals surface area (Å²) in [4.78, 5) is 11.4. The SMILES string of the molecule is CC1=C(Cc2ccccc2F)c2cc(F)ccc2C1CC(N)=O. The molecule has 118 valence electrons. The quantitative estimate of drug-likeness (QED) is 0.912. The predicted octanol–water partition coefficient (Wildman–Crippen LogP) is 3.95. The van der Waals surface area contributed by atoms with Gasteiger partial charge in [0.05, 0.1) is 0 Å². The lowest BCUT2D eigenvalue weighted by atomic mass is 9.93. The number of amides is 1. The highest BCUT2D eigenvalue weighted by Crippen LogP contribution is 2.45. The summed E-state index contributed by atoms with van der Waals surface area (Å²) in [7, 11) is 0. The van der Waals surface area contributed by atoms with E-state index in [-0.39, 0.29) is 24.0 Å². The Morgan fingerprint density at radius 2 is 1.91 bits per heavy atom. The summed E-state index contributed by atoms with van der Waals surface area (Å²) in [6, 6.07) is 11.1. The van der Waals surface area contributed by atoms with E-state index in [1.54, 1.807) is 24.3 Å². The van der Waals surface area contributed by atoms with Gasteiger partial charge in [0.1, 0.15) is 11.6 Å². The minimum Gasteiger partial charge on any atom is -0.370 e. The molecule has 0 saturated heterocycles. The number of carbonyl (C=O) groups excluding carboxylic acids is 1. The topological polar surface area (TPSA) is 43.1 Å². The summed E-state index contributed by atoms with van der Waals surface area (Å²) in [5.74, 6) is -1.20. The molecule has 1 amide bonds. The zero-order chi connectivity index (χ0) is 16.6. The Kier molecular flexibility index (Phi) is 3.99. The fourth-order valence-electron chi connectivity index (χ4n) is 3.28. The fourth-order valence-corrected chi connectivity index (χ4v) is 3.28. The zero-order valence-electron chi connectivity index (χ0n) is 12.8. The first-order valence-electron chi connectivity index (χ1n) is 7.48. The molecule has 2 nitrogen and oxygen atoms in total. The third kappa shape index (κ3) is 2.89. The molecule has 0 radical (unpaired) electrons. The average Bonchev–Trinajstić information content (AvgIpc) is 2.74. The summed E-state index contributed by atoms with van der Waals surface area (Å²) in [6.45, 7) is 1.90. The first kappa shape index (κ1) is 15.4. The number of fused-ring (bicyclic) bond motifs is 1. The Morgan fingerprint density at radius 1 is 1.17 bits per heavy atom. The molecule has 0 fully saturated rings. The number of carbonyl (C=O) groups is 1. The molecule has 0 aliphatic heterocycles. The molecule has 3 rings (SSSR count). The second-order valence-electron chi connectivity index (χ2n) is 5.88. The van der Waals surface area contributed by atoms with E-state index >= 15 is 0 Å². The van der Waals surface area contributed by atoms with E-state index in [0.717, 1.165) is 22.3 Å². The lowest BCUT2D eigenvalue weighted by Gasteiger charge is -2.11. The van der Waals surface area contributed by atoms with Crippen molar-refractivity contribution in [2.45, 2.75) is 25.7 Å². The molecular formula is C19H17F2NO. The number of halogens is 2. The molecule has 4 heteroatoms. The van der Waals surface area contributed by atoms with Gasteiger partial charge >= 0.3 is 0 Å². The molecule has 2 aromatic rings. The molecule has 0 heterocycles. The number of allylic oxidation sites excluding steroid dienone is 2. The first-order valence-corrected chi connectivity index (χ1v) is 7.48. The maximum Gasteiger partial charge on any atom is 0.218 e. The van der Waals surface area contributed by atoms with Crippen LogP contribution in [0.15, 0.2) is 48.0 Å². The standard InChI is InChI=1S/C19H17F2NO/c1-11-15(8-12-4-2-3-5-18(12)21)17-9-13(20)6-7-14(17)16(11)10-19(22)23/h2-7,9,16H,8,10H2,1H3,(H2,22,23). The van der Waals surface area contributed by atoms with Crippen molar-refractivity contribution in [1.82, 2.24) is 0 Å². The highest BCUT2D eigenvalue weighted by Gasteiger charge is 2.30. The minimum absolute atomic E-state index is 0.162. The molecule has 1 atom stereocenters. The van der Waals surface area contributed by atoms with Gasteiger partial charge in [0.25, 0.3) is 0 Å². The summed E-state index contributed by atoms with van der Waals surface area (Å²) < 4.78 is 27.6. The van der Waals surface area contributed by atoms with Crippen molar-refractivity contribution >= 4 is 11.5 Å². The van der Waals surface area contributed by atoms with Crippen molar-refractivity contribution in [1.29, 1.82) is 0 Å². The summed E-state index contributed by atoms with van der Waals surface area (Å²) in [5.41, 5.74) is 9.35. The van der Waals surface area contributed by atoms with E-state index in [1.807, 2.05) is 6.92 Å². The fraction of sp³-hybridized carbons (Fsp3) is 0.211. The van der Waals surface area contributed by atoms with Gasteiger partial charge in [-0.1, -0.05) is 29.8 Å². The van der Waals surface area contributed by atoms with Crippen LogP contribution >= 0.6 is 0 Å². The van der Waals surface area contributed by atoms with Crippen LogP contribution in [0.1, 0.15) is 36.0 Å². The molecule has 0 spiro atoms. The van der Waals surface area contributed by atoms with Crippen LogP contribution in [0.5, 0.6) is 0 Å². The van der Waals surface area contributed by atoms with E-state index in [9.17, 15) is 13.6 Å². The number of primary amides is 1. The molecule has 1 unspecified atom stereocenters. The van der Waals surface area contributed by atoms with Gasteiger partial charge < -0.3 is 5.73 Å². The highest BCUT2D eigenvalue weighted by atomic mass is 19.1. The van der Waals surface area contributed by atoms with Crippen molar-refractivity contribution in [3.8, 4) is 0 Å². The molecule has 0 bridgehead atoms. The molecule has 23 heavy (non-hydrogen) atoms. The van der Waals surface area contributed by atoms with Crippen LogP contribution in [-0.2, 0) is 11.2 Å². The molecule has 2 aromatic carbocycles. The lowest BCUT2D eigenvalue weighted by molar-refractivity contribution is -0.118. The van der Waals surface area contributed by atoms with E-state index in [0.29, 0.717) is 12.0 Å². The molecule has 0 saturated carbocycles. The molecule has 0 aromatic heterocycles. The summed E-state index contributed by atoms with van der Waals surface area (Å²) in [6.07, 6.45) is 0.537. The van der Waals surface area contributed by atoms with Gasteiger partial charge in [-0.05, 0) is 47.4 Å². The maximum absolute atomic E-state index is 14.0. The Morgan fingerprint density at radius 3 is 2.61 bits per heavy atom. The number of nitrogens with two attached hydrogens (primary N) is 1. The van der Waals surface area contributed by atoms with Crippen LogP contribution in [0.3, 0.4) is 0 Å². The maximum atomic E-state index is 14.0. The Bertz CT molecular complexity index is 811. The number of rotatable bonds is 4. The van der Waals surface area contributed by atoms with Crippen LogP contribution in [0.4, 0.5) is 8.78 Å². The number of hydrogen-bond donors (Lipinski definition) is 1. The molecule has 2 N–H and O–H groups in total. The van der Waals surface area contributed by atoms with Crippen LogP contribution in [0.2, 0.25) is 0 Å². The lowest BCUT2D eigenvalue weighted by Crippen LogP contribution is -2.15. The molecule has 1 aliphatic rings. The normalized spacial score (nSPS) is 16.6. The Hall–Kier alpha value is -2.49. The van der Waals surface area contributed by atoms with Gasteiger partial charge in [0.15, 0.2) is 0 Å². The van der Waals surface area contributed by atoms with Gasteiger partial charge in [-0.15, -0.1) is 0 Å². The smallest absolute Gasteiger partial charge is 0.218 e. The second kappa shape index (κ2) is 5.95. The Balaban J connectivity index is 2.07. The predicted molar refractivity (Wildman–Crippen MR) is 85.7 cm³/mol. The van der Waals surface area contributed by atoms with Crippen LogP contribution in [0.25, 0.3) is 5.57 Å². The third-order valence-corrected chi connectivity index (χ3v) is 4.44. The second-order valence-corrected chi connectivity index (χ2v) is 5.88. The summed E-state index contributed by atoms with van der Waals surface area (Å²) >= 11 is 0. The van der Waals surface area contributed by atoms with E-state index in [4.69, 9.17) is 5.73 Å². The van der Waals surface area contributed by atoms with Gasteiger partial charge in [-0.2, -0.15) is 0 Å². The van der Waals surface area contributed by atoms with Crippen LogP contribution < -0.4 is 5.73 Å². The first-order chi connectivity index (χ1) is 11.0. The number of benzene rings is 2. The van der Waals surface area contributed by atoms with Gasteiger partial charge in [-0.3, -0.25) is 4.79 Å². The monoisotopic (exact) mass is 313 g/mol. The Labute approximate surface area is 133 Å². The van der Waals surface area contributed by atoms with Gasteiger partial charge in [0.2, 0.25) is 5.91 Å². The summed E-state index contributed by atoms with van der Waals surface area (Å²) in [5, 5.41) is 0. The van der Waals surface area contributed by atoms with Gasteiger partial charge in [0, 0.05) is 18.8 Å². The largest absolute Gasteiger partial charge is 0.370 e. The van der Waals surface area contributed by atoms with Crippen molar-refractivity contribution < 1.29 is 13.6 Å². The van der Waals surface area contributed by atoms with Gasteiger partial charge in [-0.25, -0.2) is 8.78 Å². The van der Waals surface area contributed by atoms with Crippen LogP contribution in [0, 0.1) is 11.6 Å². The van der Waals surface area contributed by atoms with Crippen molar-refractivity contribution in [3.05, 3.63) is 76.4 Å². The van der Waals surface area contributed by atoms with Crippen molar-refractivity contribution in [3.63, 3.8) is 0 Å². The highest BCUT2D eigenvalue weighted by molar-refractivity contribution is 5.83. The van der Waals surface area contributed by atoms with Crippen molar-refractivity contribution in [2.24, 2.45) is 5.73 Å². The zero-order valence-corrected chi connectivity index (χ0v) is 12.8. The third-order valence-electron chi connectivity index (χ3n) is 4.44.